The number of likely N-dealkylation sites (tertiary alicyclic amines) is 2. The molecule has 0 aromatic heterocycles. The van der Waals surface area contributed by atoms with Gasteiger partial charge in [-0.3, -0.25) is 4.90 Å². The maximum atomic E-state index is 3.67. The van der Waals surface area contributed by atoms with Crippen molar-refractivity contribution in [1.29, 1.82) is 0 Å². The van der Waals surface area contributed by atoms with Crippen LogP contribution in [-0.4, -0.2) is 86.2 Å². The van der Waals surface area contributed by atoms with Crippen LogP contribution >= 0.6 is 0 Å². The number of likely N-dealkylation sites (N-methyl/N-ethyl adjacent to an activating group) is 1. The minimum atomic E-state index is 0.728. The zero-order valence-corrected chi connectivity index (χ0v) is 15.6. The van der Waals surface area contributed by atoms with Gasteiger partial charge in [-0.05, 0) is 85.2 Å². The molecule has 0 spiro atoms. The predicted molar refractivity (Wildman–Crippen MR) is 97.9 cm³/mol. The van der Waals surface area contributed by atoms with Gasteiger partial charge in [-0.15, -0.1) is 0 Å². The molecule has 3 heterocycles. The molecule has 3 aliphatic rings. The first-order valence-electron chi connectivity index (χ1n) is 10.0. The SMILES string of the molecule is CC1CCCCN1CC1CCNCC1N(C)C1CCN(C)CC1. The van der Waals surface area contributed by atoms with Gasteiger partial charge in [0, 0.05) is 31.2 Å². The quantitative estimate of drug-likeness (QED) is 0.853. The van der Waals surface area contributed by atoms with Crippen LogP contribution in [0.2, 0.25) is 0 Å². The van der Waals surface area contributed by atoms with E-state index in [1.54, 1.807) is 0 Å². The van der Waals surface area contributed by atoms with Crippen molar-refractivity contribution in [3.63, 3.8) is 0 Å². The molecule has 23 heavy (non-hydrogen) atoms. The van der Waals surface area contributed by atoms with Crippen LogP contribution in [0.5, 0.6) is 0 Å². The molecule has 3 unspecified atom stereocenters. The highest BCUT2D eigenvalue weighted by molar-refractivity contribution is 4.91. The summed E-state index contributed by atoms with van der Waals surface area (Å²) < 4.78 is 0. The van der Waals surface area contributed by atoms with E-state index in [0.29, 0.717) is 0 Å². The van der Waals surface area contributed by atoms with Crippen LogP contribution in [0.25, 0.3) is 0 Å². The van der Waals surface area contributed by atoms with Crippen molar-refractivity contribution in [2.75, 3.05) is 53.4 Å². The van der Waals surface area contributed by atoms with E-state index >= 15 is 0 Å². The molecule has 4 heteroatoms. The fourth-order valence-electron chi connectivity index (χ4n) is 4.99. The topological polar surface area (TPSA) is 21.8 Å². The van der Waals surface area contributed by atoms with E-state index in [9.17, 15) is 0 Å². The minimum absolute atomic E-state index is 0.728. The maximum Gasteiger partial charge on any atom is 0.0261 e. The zero-order valence-electron chi connectivity index (χ0n) is 15.6. The van der Waals surface area contributed by atoms with Gasteiger partial charge in [0.1, 0.15) is 0 Å². The molecule has 0 bridgehead atoms. The van der Waals surface area contributed by atoms with Crippen molar-refractivity contribution in [3.8, 4) is 0 Å². The van der Waals surface area contributed by atoms with Crippen LogP contribution in [0.15, 0.2) is 0 Å². The first-order valence-corrected chi connectivity index (χ1v) is 10.0. The third-order valence-electron chi connectivity index (χ3n) is 6.79. The van der Waals surface area contributed by atoms with E-state index < -0.39 is 0 Å². The Balaban J connectivity index is 1.59. The van der Waals surface area contributed by atoms with Gasteiger partial charge in [0.2, 0.25) is 0 Å². The van der Waals surface area contributed by atoms with Gasteiger partial charge in [-0.2, -0.15) is 0 Å². The van der Waals surface area contributed by atoms with E-state index in [2.05, 4.69) is 41.0 Å². The lowest BCUT2D eigenvalue weighted by Crippen LogP contribution is -2.57. The Morgan fingerprint density at radius 3 is 2.57 bits per heavy atom. The van der Waals surface area contributed by atoms with Gasteiger partial charge in [0.05, 0.1) is 0 Å². The van der Waals surface area contributed by atoms with E-state index in [1.165, 1.54) is 77.8 Å². The molecule has 0 saturated carbocycles. The standard InChI is InChI=1S/C19H38N4/c1-16-6-4-5-11-23(16)15-17-7-10-20-14-19(17)22(3)18-8-12-21(2)13-9-18/h16-20H,4-15H2,1-3H3. The fourth-order valence-corrected chi connectivity index (χ4v) is 4.99. The third-order valence-corrected chi connectivity index (χ3v) is 6.79. The van der Waals surface area contributed by atoms with Crippen molar-refractivity contribution in [3.05, 3.63) is 0 Å². The number of nitrogens with zero attached hydrogens (tertiary/aromatic N) is 3. The lowest BCUT2D eigenvalue weighted by molar-refractivity contribution is 0.0372. The smallest absolute Gasteiger partial charge is 0.0261 e. The summed E-state index contributed by atoms with van der Waals surface area (Å²) in [6, 6.07) is 2.32. The number of hydrogen-bond donors (Lipinski definition) is 1. The lowest BCUT2D eigenvalue weighted by atomic mass is 9.88. The van der Waals surface area contributed by atoms with Crippen LogP contribution in [0, 0.1) is 5.92 Å². The highest BCUT2D eigenvalue weighted by Crippen LogP contribution is 2.26. The third kappa shape index (κ3) is 4.47. The normalized spacial score (nSPS) is 35.7. The van der Waals surface area contributed by atoms with Crippen molar-refractivity contribution in [2.45, 2.75) is 63.6 Å². The van der Waals surface area contributed by atoms with E-state index in [-0.39, 0.29) is 0 Å². The first kappa shape index (κ1) is 17.7. The Morgan fingerprint density at radius 2 is 1.83 bits per heavy atom. The molecule has 3 aliphatic heterocycles. The molecule has 3 fully saturated rings. The average molecular weight is 323 g/mol. The zero-order chi connectivity index (χ0) is 16.2. The molecular weight excluding hydrogens is 284 g/mol. The first-order chi connectivity index (χ1) is 11.1. The molecule has 0 amide bonds. The van der Waals surface area contributed by atoms with Crippen LogP contribution in [0.1, 0.15) is 45.4 Å². The second-order valence-corrected chi connectivity index (χ2v) is 8.36. The number of piperidine rings is 3. The van der Waals surface area contributed by atoms with Gasteiger partial charge in [0.15, 0.2) is 0 Å². The van der Waals surface area contributed by atoms with Gasteiger partial charge in [0.25, 0.3) is 0 Å². The van der Waals surface area contributed by atoms with Crippen molar-refractivity contribution >= 4 is 0 Å². The van der Waals surface area contributed by atoms with Gasteiger partial charge >= 0.3 is 0 Å². The summed E-state index contributed by atoms with van der Waals surface area (Å²) in [6.45, 7) is 10.0. The van der Waals surface area contributed by atoms with Gasteiger partial charge in [-0.25, -0.2) is 0 Å². The summed E-state index contributed by atoms with van der Waals surface area (Å²) in [5, 5.41) is 3.67. The molecule has 3 saturated heterocycles. The van der Waals surface area contributed by atoms with Crippen LogP contribution < -0.4 is 5.32 Å². The second kappa shape index (κ2) is 8.28. The summed E-state index contributed by atoms with van der Waals surface area (Å²) >= 11 is 0. The molecule has 3 rings (SSSR count). The van der Waals surface area contributed by atoms with E-state index in [4.69, 9.17) is 0 Å². The molecule has 1 N–H and O–H groups in total. The van der Waals surface area contributed by atoms with E-state index in [0.717, 1.165) is 24.0 Å². The highest BCUT2D eigenvalue weighted by Gasteiger charge is 2.34. The summed E-state index contributed by atoms with van der Waals surface area (Å²) in [5.74, 6) is 0.849. The number of rotatable bonds is 4. The fraction of sp³-hybridized carbons (Fsp3) is 1.00. The average Bonchev–Trinajstić information content (AvgIpc) is 2.57. The Hall–Kier alpha value is -0.160. The summed E-state index contributed by atoms with van der Waals surface area (Å²) in [7, 11) is 4.67. The van der Waals surface area contributed by atoms with Crippen LogP contribution in [0.3, 0.4) is 0 Å². The number of hydrogen-bond acceptors (Lipinski definition) is 4. The van der Waals surface area contributed by atoms with Crippen LogP contribution in [-0.2, 0) is 0 Å². The summed E-state index contributed by atoms with van der Waals surface area (Å²) in [4.78, 5) is 8.02. The molecule has 0 aromatic rings. The Labute approximate surface area is 143 Å². The molecule has 0 aliphatic carbocycles. The second-order valence-electron chi connectivity index (χ2n) is 8.36. The van der Waals surface area contributed by atoms with Gasteiger partial charge < -0.3 is 15.1 Å². The summed E-state index contributed by atoms with van der Waals surface area (Å²) in [6.07, 6.45) is 8.28. The Kier molecular flexibility index (Phi) is 6.36. The molecule has 0 radical (unpaired) electrons. The molecule has 0 aromatic carbocycles. The minimum Gasteiger partial charge on any atom is -0.315 e. The molecule has 3 atom stereocenters. The van der Waals surface area contributed by atoms with Crippen molar-refractivity contribution in [1.82, 2.24) is 20.0 Å². The van der Waals surface area contributed by atoms with Crippen molar-refractivity contribution < 1.29 is 0 Å². The Bertz CT molecular complexity index is 353. The molecular formula is C19H38N4. The molecule has 4 nitrogen and oxygen atoms in total. The summed E-state index contributed by atoms with van der Waals surface area (Å²) in [5.41, 5.74) is 0. The highest BCUT2D eigenvalue weighted by atomic mass is 15.2. The monoisotopic (exact) mass is 322 g/mol. The Morgan fingerprint density at radius 1 is 1.04 bits per heavy atom. The van der Waals surface area contributed by atoms with Gasteiger partial charge in [-0.1, -0.05) is 6.42 Å². The lowest BCUT2D eigenvalue weighted by Gasteiger charge is -2.46. The largest absolute Gasteiger partial charge is 0.315 e. The predicted octanol–water partition coefficient (Wildman–Crippen LogP) is 1.86. The maximum absolute atomic E-state index is 3.67. The van der Waals surface area contributed by atoms with Crippen molar-refractivity contribution in [2.24, 2.45) is 5.92 Å². The van der Waals surface area contributed by atoms with E-state index in [1.807, 2.05) is 0 Å². The number of nitrogens with one attached hydrogen (secondary N) is 1. The molecule has 134 valence electrons. The van der Waals surface area contributed by atoms with Crippen LogP contribution in [0.4, 0.5) is 0 Å².